The van der Waals surface area contributed by atoms with Crippen LogP contribution in [-0.2, 0) is 6.42 Å². The number of hydrogen-bond acceptors (Lipinski definition) is 1. The van der Waals surface area contributed by atoms with Crippen molar-refractivity contribution in [3.63, 3.8) is 0 Å². The molecule has 1 N–H and O–H groups in total. The maximum atomic E-state index is 14.1. The number of para-hydroxylation sites is 1. The molecular weight excluding hydrogens is 246 g/mol. The molecule has 0 saturated heterocycles. The molecule has 0 aliphatic heterocycles. The van der Waals surface area contributed by atoms with E-state index in [1.54, 1.807) is 24.3 Å². The molecule has 0 atom stereocenters. The molecule has 2 aromatic rings. The Hall–Kier alpha value is -1.90. The molecule has 0 spiro atoms. The number of benzene rings is 2. The summed E-state index contributed by atoms with van der Waals surface area (Å²) in [6.07, 6.45) is 2.29. The normalized spacial score (nSPS) is 10.7. The first kappa shape index (κ1) is 13.5. The van der Waals surface area contributed by atoms with Crippen LogP contribution in [0.4, 0.5) is 8.78 Å². The summed E-state index contributed by atoms with van der Waals surface area (Å²) >= 11 is 0. The minimum Gasteiger partial charge on any atom is -0.507 e. The summed E-state index contributed by atoms with van der Waals surface area (Å²) in [6, 6.07) is 9.46. The predicted molar refractivity (Wildman–Crippen MR) is 72.1 cm³/mol. The second-order valence-electron chi connectivity index (χ2n) is 4.52. The molecule has 2 rings (SSSR count). The first-order valence-corrected chi connectivity index (χ1v) is 6.40. The van der Waals surface area contributed by atoms with E-state index in [9.17, 15) is 13.9 Å². The maximum absolute atomic E-state index is 14.1. The van der Waals surface area contributed by atoms with Crippen LogP contribution in [0.15, 0.2) is 36.4 Å². The minimum atomic E-state index is -0.893. The van der Waals surface area contributed by atoms with Gasteiger partial charge in [0.05, 0.1) is 0 Å². The van der Waals surface area contributed by atoms with E-state index in [0.29, 0.717) is 17.5 Å². The van der Waals surface area contributed by atoms with Crippen molar-refractivity contribution in [2.45, 2.75) is 26.2 Å². The van der Waals surface area contributed by atoms with Crippen LogP contribution in [0.1, 0.15) is 25.3 Å². The summed E-state index contributed by atoms with van der Waals surface area (Å²) in [7, 11) is 0. The Labute approximate surface area is 111 Å². The standard InChI is InChI=1S/C16H16F2O/c1-2-3-6-11-9-10-13(16(18)15(11)17)12-7-4-5-8-14(12)19/h4-5,7-10,19H,2-3,6H2,1H3. The maximum Gasteiger partial charge on any atom is 0.167 e. The monoisotopic (exact) mass is 262 g/mol. The van der Waals surface area contributed by atoms with E-state index in [1.165, 1.54) is 12.1 Å². The van der Waals surface area contributed by atoms with E-state index in [4.69, 9.17) is 0 Å². The molecule has 0 heterocycles. The van der Waals surface area contributed by atoms with E-state index < -0.39 is 11.6 Å². The van der Waals surface area contributed by atoms with Crippen LogP contribution >= 0.6 is 0 Å². The topological polar surface area (TPSA) is 20.2 Å². The zero-order chi connectivity index (χ0) is 13.8. The number of aryl methyl sites for hydroxylation is 1. The molecule has 2 aromatic carbocycles. The van der Waals surface area contributed by atoms with Crippen molar-refractivity contribution >= 4 is 0 Å². The second kappa shape index (κ2) is 5.83. The molecule has 0 unspecified atom stereocenters. The summed E-state index contributed by atoms with van der Waals surface area (Å²) < 4.78 is 28.0. The first-order chi connectivity index (χ1) is 9.15. The lowest BCUT2D eigenvalue weighted by atomic mass is 9.99. The van der Waals surface area contributed by atoms with E-state index in [1.807, 2.05) is 6.92 Å². The zero-order valence-corrected chi connectivity index (χ0v) is 10.8. The highest BCUT2D eigenvalue weighted by Gasteiger charge is 2.16. The van der Waals surface area contributed by atoms with E-state index in [2.05, 4.69) is 0 Å². The van der Waals surface area contributed by atoms with Crippen molar-refractivity contribution in [3.05, 3.63) is 53.6 Å². The number of aromatic hydroxyl groups is 1. The Balaban J connectivity index is 2.44. The van der Waals surface area contributed by atoms with Crippen LogP contribution in [0.25, 0.3) is 11.1 Å². The summed E-state index contributed by atoms with van der Waals surface area (Å²) in [5.74, 6) is -1.76. The second-order valence-corrected chi connectivity index (χ2v) is 4.52. The van der Waals surface area contributed by atoms with Crippen LogP contribution in [0, 0.1) is 11.6 Å². The highest BCUT2D eigenvalue weighted by molar-refractivity contribution is 5.70. The lowest BCUT2D eigenvalue weighted by molar-refractivity contribution is 0.474. The molecule has 1 nitrogen and oxygen atoms in total. The van der Waals surface area contributed by atoms with Crippen molar-refractivity contribution in [1.82, 2.24) is 0 Å². The minimum absolute atomic E-state index is 0.0536. The molecule has 0 aromatic heterocycles. The van der Waals surface area contributed by atoms with Crippen LogP contribution in [0.3, 0.4) is 0 Å². The quantitative estimate of drug-likeness (QED) is 0.848. The van der Waals surface area contributed by atoms with Crippen LogP contribution in [0.5, 0.6) is 5.75 Å². The summed E-state index contributed by atoms with van der Waals surface area (Å²) in [5, 5.41) is 9.70. The van der Waals surface area contributed by atoms with Gasteiger partial charge in [-0.2, -0.15) is 0 Å². The fourth-order valence-corrected chi connectivity index (χ4v) is 2.06. The molecule has 0 saturated carbocycles. The summed E-state index contributed by atoms with van der Waals surface area (Å²) in [5.41, 5.74) is 0.787. The number of halogens is 2. The van der Waals surface area contributed by atoms with Crippen LogP contribution < -0.4 is 0 Å². The Morgan fingerprint density at radius 1 is 0.947 bits per heavy atom. The average Bonchev–Trinajstić information content (AvgIpc) is 2.42. The molecule has 0 aliphatic carbocycles. The number of unbranched alkanes of at least 4 members (excludes halogenated alkanes) is 1. The third-order valence-corrected chi connectivity index (χ3v) is 3.16. The third kappa shape index (κ3) is 2.75. The molecule has 3 heteroatoms. The third-order valence-electron chi connectivity index (χ3n) is 3.16. The first-order valence-electron chi connectivity index (χ1n) is 6.40. The number of phenols is 1. The fraction of sp³-hybridized carbons (Fsp3) is 0.250. The van der Waals surface area contributed by atoms with Crippen molar-refractivity contribution in [3.8, 4) is 16.9 Å². The van der Waals surface area contributed by atoms with Crippen molar-refractivity contribution < 1.29 is 13.9 Å². The van der Waals surface area contributed by atoms with Gasteiger partial charge in [-0.05, 0) is 24.5 Å². The van der Waals surface area contributed by atoms with Crippen molar-refractivity contribution in [1.29, 1.82) is 0 Å². The van der Waals surface area contributed by atoms with Gasteiger partial charge in [0.2, 0.25) is 0 Å². The van der Waals surface area contributed by atoms with Gasteiger partial charge >= 0.3 is 0 Å². The van der Waals surface area contributed by atoms with Crippen molar-refractivity contribution in [2.75, 3.05) is 0 Å². The lowest BCUT2D eigenvalue weighted by Gasteiger charge is -2.09. The molecule has 19 heavy (non-hydrogen) atoms. The van der Waals surface area contributed by atoms with Crippen LogP contribution in [0.2, 0.25) is 0 Å². The Bertz CT molecular complexity index is 579. The highest BCUT2D eigenvalue weighted by atomic mass is 19.2. The van der Waals surface area contributed by atoms with Crippen LogP contribution in [-0.4, -0.2) is 5.11 Å². The number of phenolic OH excluding ortho intramolecular Hbond substituents is 1. The number of rotatable bonds is 4. The molecule has 0 amide bonds. The van der Waals surface area contributed by atoms with Gasteiger partial charge in [0, 0.05) is 11.1 Å². The van der Waals surface area contributed by atoms with Gasteiger partial charge in [0.15, 0.2) is 11.6 Å². The van der Waals surface area contributed by atoms with Gasteiger partial charge in [-0.3, -0.25) is 0 Å². The SMILES string of the molecule is CCCCc1ccc(-c2ccccc2O)c(F)c1F. The lowest BCUT2D eigenvalue weighted by Crippen LogP contribution is -1.97. The Morgan fingerprint density at radius 3 is 2.37 bits per heavy atom. The predicted octanol–water partition coefficient (Wildman–Crippen LogP) is 4.68. The zero-order valence-electron chi connectivity index (χ0n) is 10.8. The van der Waals surface area contributed by atoms with Gasteiger partial charge in [-0.25, -0.2) is 8.78 Å². The van der Waals surface area contributed by atoms with Gasteiger partial charge in [0.25, 0.3) is 0 Å². The summed E-state index contributed by atoms with van der Waals surface area (Å²) in [4.78, 5) is 0. The molecule has 100 valence electrons. The largest absolute Gasteiger partial charge is 0.507 e. The van der Waals surface area contributed by atoms with E-state index in [-0.39, 0.29) is 11.3 Å². The molecule has 0 fully saturated rings. The van der Waals surface area contributed by atoms with Gasteiger partial charge in [0.1, 0.15) is 5.75 Å². The van der Waals surface area contributed by atoms with Crippen molar-refractivity contribution in [2.24, 2.45) is 0 Å². The fourth-order valence-electron chi connectivity index (χ4n) is 2.06. The van der Waals surface area contributed by atoms with E-state index in [0.717, 1.165) is 12.8 Å². The molecule has 0 aliphatic rings. The molecular formula is C16H16F2O. The van der Waals surface area contributed by atoms with Gasteiger partial charge < -0.3 is 5.11 Å². The summed E-state index contributed by atoms with van der Waals surface area (Å²) in [6.45, 7) is 2.00. The van der Waals surface area contributed by atoms with Gasteiger partial charge in [-0.15, -0.1) is 0 Å². The average molecular weight is 262 g/mol. The van der Waals surface area contributed by atoms with Gasteiger partial charge in [-0.1, -0.05) is 43.7 Å². The molecule has 0 bridgehead atoms. The Morgan fingerprint density at radius 2 is 1.68 bits per heavy atom. The smallest absolute Gasteiger partial charge is 0.167 e. The number of hydrogen-bond donors (Lipinski definition) is 1. The van der Waals surface area contributed by atoms with E-state index >= 15 is 0 Å². The highest BCUT2D eigenvalue weighted by Crippen LogP contribution is 2.32. The Kier molecular flexibility index (Phi) is 4.15. The molecule has 0 radical (unpaired) electrons.